The minimum atomic E-state index is -0.998. The summed E-state index contributed by atoms with van der Waals surface area (Å²) in [7, 11) is 1.64. The lowest BCUT2D eigenvalue weighted by Crippen LogP contribution is -2.09. The Hall–Kier alpha value is -1.36. The van der Waals surface area contributed by atoms with E-state index in [4.69, 9.17) is 9.84 Å². The molecule has 14 heavy (non-hydrogen) atoms. The third-order valence-electron chi connectivity index (χ3n) is 2.02. The maximum Gasteiger partial charge on any atom is 0.356 e. The number of hydrogen-bond donors (Lipinski definition) is 1. The fraction of sp³-hybridized carbons (Fsp3) is 0.556. The minimum absolute atomic E-state index is 0.0780. The fourth-order valence-electron chi connectivity index (χ4n) is 1.12. The Labute approximate surface area is 82.3 Å². The van der Waals surface area contributed by atoms with E-state index < -0.39 is 5.97 Å². The fourth-order valence-corrected chi connectivity index (χ4v) is 1.12. The van der Waals surface area contributed by atoms with Crippen LogP contribution in [0.5, 0.6) is 0 Å². The molecule has 5 heteroatoms. The van der Waals surface area contributed by atoms with Crippen molar-refractivity contribution in [1.29, 1.82) is 0 Å². The second kappa shape index (κ2) is 4.76. The molecule has 1 aromatic rings. The molecule has 0 aliphatic carbocycles. The van der Waals surface area contributed by atoms with Gasteiger partial charge in [0.2, 0.25) is 0 Å². The van der Waals surface area contributed by atoms with Crippen LogP contribution in [0.15, 0.2) is 12.3 Å². The highest BCUT2D eigenvalue weighted by Gasteiger charge is 2.10. The molecule has 1 aromatic heterocycles. The van der Waals surface area contributed by atoms with Gasteiger partial charge in [-0.2, -0.15) is 5.10 Å². The van der Waals surface area contributed by atoms with Crippen molar-refractivity contribution in [3.63, 3.8) is 0 Å². The average molecular weight is 198 g/mol. The van der Waals surface area contributed by atoms with Gasteiger partial charge in [-0.25, -0.2) is 4.79 Å². The van der Waals surface area contributed by atoms with Crippen molar-refractivity contribution in [1.82, 2.24) is 9.78 Å². The number of ether oxygens (including phenoxy) is 1. The van der Waals surface area contributed by atoms with E-state index in [-0.39, 0.29) is 11.7 Å². The van der Waals surface area contributed by atoms with Gasteiger partial charge >= 0.3 is 5.97 Å². The number of aromatic carboxylic acids is 1. The van der Waals surface area contributed by atoms with Crippen molar-refractivity contribution in [3.8, 4) is 0 Å². The standard InChI is InChI=1S/C9H14N2O3/c1-7(4-6-14-2)11-5-3-8(10-11)9(12)13/h3,5,7H,4,6H2,1-2H3,(H,12,13). The molecule has 1 N–H and O–H groups in total. The van der Waals surface area contributed by atoms with Crippen molar-refractivity contribution in [2.75, 3.05) is 13.7 Å². The number of nitrogens with zero attached hydrogens (tertiary/aromatic N) is 2. The summed E-state index contributed by atoms with van der Waals surface area (Å²) in [5.41, 5.74) is 0.0780. The topological polar surface area (TPSA) is 64.3 Å². The third-order valence-corrected chi connectivity index (χ3v) is 2.02. The molecule has 0 spiro atoms. The van der Waals surface area contributed by atoms with E-state index in [1.165, 1.54) is 6.07 Å². The Morgan fingerprint density at radius 1 is 1.79 bits per heavy atom. The van der Waals surface area contributed by atoms with Gasteiger partial charge in [-0.15, -0.1) is 0 Å². The highest BCUT2D eigenvalue weighted by atomic mass is 16.5. The molecule has 1 heterocycles. The Morgan fingerprint density at radius 3 is 3.00 bits per heavy atom. The molecule has 0 radical (unpaired) electrons. The van der Waals surface area contributed by atoms with Crippen LogP contribution in [0, 0.1) is 0 Å². The van der Waals surface area contributed by atoms with Crippen LogP contribution in [0.2, 0.25) is 0 Å². The molecular formula is C9H14N2O3. The van der Waals surface area contributed by atoms with Gasteiger partial charge in [-0.3, -0.25) is 4.68 Å². The molecule has 0 aromatic carbocycles. The Kier molecular flexibility index (Phi) is 3.64. The van der Waals surface area contributed by atoms with E-state index >= 15 is 0 Å². The molecule has 0 saturated carbocycles. The van der Waals surface area contributed by atoms with Crippen LogP contribution < -0.4 is 0 Å². The first-order chi connectivity index (χ1) is 6.65. The molecular weight excluding hydrogens is 184 g/mol. The van der Waals surface area contributed by atoms with Crippen molar-refractivity contribution >= 4 is 5.97 Å². The van der Waals surface area contributed by atoms with Crippen molar-refractivity contribution in [2.45, 2.75) is 19.4 Å². The van der Waals surface area contributed by atoms with Crippen molar-refractivity contribution in [3.05, 3.63) is 18.0 Å². The van der Waals surface area contributed by atoms with Gasteiger partial charge in [0, 0.05) is 19.9 Å². The predicted octanol–water partition coefficient (Wildman–Crippen LogP) is 1.18. The molecule has 1 atom stereocenters. The molecule has 1 unspecified atom stereocenters. The van der Waals surface area contributed by atoms with Crippen LogP contribution in [0.1, 0.15) is 29.9 Å². The van der Waals surface area contributed by atoms with Crippen molar-refractivity contribution in [2.24, 2.45) is 0 Å². The number of carboxylic acid groups (broad SMARTS) is 1. The molecule has 0 fully saturated rings. The van der Waals surface area contributed by atoms with E-state index in [0.29, 0.717) is 6.61 Å². The summed E-state index contributed by atoms with van der Waals surface area (Å²) in [6.07, 6.45) is 2.49. The third kappa shape index (κ3) is 2.56. The summed E-state index contributed by atoms with van der Waals surface area (Å²) >= 11 is 0. The normalized spacial score (nSPS) is 12.7. The summed E-state index contributed by atoms with van der Waals surface area (Å²) in [5.74, 6) is -0.998. The van der Waals surface area contributed by atoms with E-state index in [2.05, 4.69) is 5.10 Å². The van der Waals surface area contributed by atoms with Gasteiger partial charge in [0.25, 0.3) is 0 Å². The van der Waals surface area contributed by atoms with E-state index in [1.54, 1.807) is 18.0 Å². The highest BCUT2D eigenvalue weighted by molar-refractivity contribution is 5.85. The van der Waals surface area contributed by atoms with Crippen molar-refractivity contribution < 1.29 is 14.6 Å². The molecule has 0 bridgehead atoms. The Morgan fingerprint density at radius 2 is 2.50 bits per heavy atom. The first kappa shape index (κ1) is 10.7. The summed E-state index contributed by atoms with van der Waals surface area (Å²) in [5, 5.41) is 12.6. The lowest BCUT2D eigenvalue weighted by Gasteiger charge is -2.10. The lowest BCUT2D eigenvalue weighted by molar-refractivity contribution is 0.0689. The van der Waals surface area contributed by atoms with Crippen LogP contribution in [0.25, 0.3) is 0 Å². The zero-order valence-electron chi connectivity index (χ0n) is 8.30. The zero-order valence-corrected chi connectivity index (χ0v) is 8.30. The maximum atomic E-state index is 10.6. The Bertz CT molecular complexity index is 309. The van der Waals surface area contributed by atoms with E-state index in [0.717, 1.165) is 6.42 Å². The second-order valence-electron chi connectivity index (χ2n) is 3.12. The highest BCUT2D eigenvalue weighted by Crippen LogP contribution is 2.09. The van der Waals surface area contributed by atoms with Crippen LogP contribution in [-0.4, -0.2) is 34.6 Å². The summed E-state index contributed by atoms with van der Waals surface area (Å²) in [4.78, 5) is 10.6. The number of carboxylic acids is 1. The lowest BCUT2D eigenvalue weighted by atomic mass is 10.2. The molecule has 5 nitrogen and oxygen atoms in total. The van der Waals surface area contributed by atoms with E-state index in [9.17, 15) is 4.79 Å². The first-order valence-electron chi connectivity index (χ1n) is 4.42. The van der Waals surface area contributed by atoms with Crippen LogP contribution >= 0.6 is 0 Å². The number of carbonyl (C=O) groups is 1. The molecule has 0 amide bonds. The molecule has 78 valence electrons. The number of rotatable bonds is 5. The van der Waals surface area contributed by atoms with E-state index in [1.807, 2.05) is 6.92 Å². The van der Waals surface area contributed by atoms with Gasteiger partial charge in [0.05, 0.1) is 6.04 Å². The SMILES string of the molecule is COCCC(C)n1ccc(C(=O)O)n1. The second-order valence-corrected chi connectivity index (χ2v) is 3.12. The quantitative estimate of drug-likeness (QED) is 0.771. The summed E-state index contributed by atoms with van der Waals surface area (Å²) < 4.78 is 6.57. The minimum Gasteiger partial charge on any atom is -0.476 e. The average Bonchev–Trinajstić information content (AvgIpc) is 2.62. The number of aromatic nitrogens is 2. The number of hydrogen-bond acceptors (Lipinski definition) is 3. The smallest absolute Gasteiger partial charge is 0.356 e. The van der Waals surface area contributed by atoms with Crippen LogP contribution in [0.3, 0.4) is 0 Å². The summed E-state index contributed by atoms with van der Waals surface area (Å²) in [6, 6.07) is 1.65. The first-order valence-corrected chi connectivity index (χ1v) is 4.42. The van der Waals surface area contributed by atoms with Gasteiger partial charge in [0.15, 0.2) is 5.69 Å². The molecule has 0 saturated heterocycles. The maximum absolute atomic E-state index is 10.6. The number of methoxy groups -OCH3 is 1. The van der Waals surface area contributed by atoms with Gasteiger partial charge in [-0.1, -0.05) is 0 Å². The summed E-state index contributed by atoms with van der Waals surface area (Å²) in [6.45, 7) is 2.61. The molecule has 0 aliphatic heterocycles. The monoisotopic (exact) mass is 198 g/mol. The zero-order chi connectivity index (χ0) is 10.6. The van der Waals surface area contributed by atoms with Crippen LogP contribution in [-0.2, 0) is 4.74 Å². The van der Waals surface area contributed by atoms with Crippen LogP contribution in [0.4, 0.5) is 0 Å². The molecule has 0 aliphatic rings. The Balaban J connectivity index is 2.61. The van der Waals surface area contributed by atoms with Gasteiger partial charge < -0.3 is 9.84 Å². The predicted molar refractivity (Wildman–Crippen MR) is 50.4 cm³/mol. The van der Waals surface area contributed by atoms with Gasteiger partial charge in [0.1, 0.15) is 0 Å². The van der Waals surface area contributed by atoms with Gasteiger partial charge in [-0.05, 0) is 19.4 Å². The largest absolute Gasteiger partial charge is 0.476 e. The molecule has 1 rings (SSSR count).